The van der Waals surface area contributed by atoms with Crippen molar-refractivity contribution in [1.82, 2.24) is 0 Å². The molecule has 0 aromatic heterocycles. The molecule has 3 rings (SSSR count). The molecule has 1 aromatic carbocycles. The van der Waals surface area contributed by atoms with Crippen molar-refractivity contribution in [2.24, 2.45) is 5.73 Å². The number of nitriles is 1. The number of carbonyl (C=O) groups excluding carboxylic acids is 1. The monoisotopic (exact) mass is 360 g/mol. The molecule has 22 heavy (non-hydrogen) atoms. The number of Topliss-reactive ketones (excluding diaryl/α,β-unsaturated/α-hetero) is 1. The van der Waals surface area contributed by atoms with Gasteiger partial charge in [0, 0.05) is 28.5 Å². The summed E-state index contributed by atoms with van der Waals surface area (Å²) in [4.78, 5) is 12.4. The molecule has 1 aromatic rings. The van der Waals surface area contributed by atoms with Crippen LogP contribution in [-0.2, 0) is 9.53 Å². The highest BCUT2D eigenvalue weighted by Gasteiger charge is 2.39. The first-order chi connectivity index (χ1) is 10.5. The van der Waals surface area contributed by atoms with Crippen molar-refractivity contribution < 1.29 is 14.6 Å². The summed E-state index contributed by atoms with van der Waals surface area (Å²) < 4.78 is 6.23. The molecule has 0 saturated carbocycles. The van der Waals surface area contributed by atoms with Crippen molar-refractivity contribution in [3.8, 4) is 11.8 Å². The Hall–Kier alpha value is -2.26. The van der Waals surface area contributed by atoms with E-state index < -0.39 is 5.92 Å². The summed E-state index contributed by atoms with van der Waals surface area (Å²) >= 11 is 3.35. The van der Waals surface area contributed by atoms with Gasteiger partial charge in [-0.2, -0.15) is 5.26 Å². The number of hydrogen-bond acceptors (Lipinski definition) is 5. The Kier molecular flexibility index (Phi) is 3.67. The van der Waals surface area contributed by atoms with Crippen LogP contribution in [0.4, 0.5) is 0 Å². The number of hydrogen-bond donors (Lipinski definition) is 2. The average molecular weight is 361 g/mol. The molecule has 1 unspecified atom stereocenters. The Bertz CT molecular complexity index is 774. The Balaban J connectivity index is 2.25. The van der Waals surface area contributed by atoms with Crippen LogP contribution in [0.3, 0.4) is 0 Å². The summed E-state index contributed by atoms with van der Waals surface area (Å²) in [5.41, 5.74) is 6.92. The molecule has 1 heterocycles. The maximum atomic E-state index is 12.4. The van der Waals surface area contributed by atoms with Crippen molar-refractivity contribution in [3.05, 3.63) is 51.0 Å². The van der Waals surface area contributed by atoms with Gasteiger partial charge in [0.05, 0.1) is 5.92 Å². The highest BCUT2D eigenvalue weighted by Crippen LogP contribution is 2.46. The second kappa shape index (κ2) is 5.50. The first kappa shape index (κ1) is 14.7. The first-order valence-electron chi connectivity index (χ1n) is 6.85. The number of allylic oxidation sites excluding steroid dienone is 3. The number of nitrogens with zero attached hydrogens (tertiary/aromatic N) is 1. The largest absolute Gasteiger partial charge is 0.508 e. The van der Waals surface area contributed by atoms with Crippen molar-refractivity contribution in [1.29, 1.82) is 5.26 Å². The number of nitrogens with two attached hydrogens (primary N) is 1. The van der Waals surface area contributed by atoms with Gasteiger partial charge in [0.1, 0.15) is 23.2 Å². The predicted molar refractivity (Wildman–Crippen MR) is 82.3 cm³/mol. The Labute approximate surface area is 135 Å². The smallest absolute Gasteiger partial charge is 0.205 e. The molecule has 0 bridgehead atoms. The van der Waals surface area contributed by atoms with E-state index in [1.54, 1.807) is 12.1 Å². The molecule has 3 N–H and O–H groups in total. The van der Waals surface area contributed by atoms with Crippen LogP contribution in [0.2, 0.25) is 0 Å². The molecule has 0 saturated heterocycles. The van der Waals surface area contributed by atoms with Gasteiger partial charge in [-0.15, -0.1) is 0 Å². The van der Waals surface area contributed by atoms with E-state index in [0.29, 0.717) is 36.2 Å². The van der Waals surface area contributed by atoms with E-state index in [9.17, 15) is 15.2 Å². The van der Waals surface area contributed by atoms with E-state index >= 15 is 0 Å². The van der Waals surface area contributed by atoms with E-state index in [2.05, 4.69) is 15.9 Å². The van der Waals surface area contributed by atoms with E-state index in [0.717, 1.165) is 4.47 Å². The van der Waals surface area contributed by atoms with Gasteiger partial charge in [-0.25, -0.2) is 0 Å². The van der Waals surface area contributed by atoms with Crippen molar-refractivity contribution in [2.75, 3.05) is 0 Å². The van der Waals surface area contributed by atoms with Crippen molar-refractivity contribution in [3.63, 3.8) is 0 Å². The van der Waals surface area contributed by atoms with Crippen LogP contribution >= 0.6 is 15.9 Å². The summed E-state index contributed by atoms with van der Waals surface area (Å²) in [6.45, 7) is 0. The fraction of sp³-hybridized carbons (Fsp3) is 0.250. The third kappa shape index (κ3) is 2.28. The third-order valence-corrected chi connectivity index (χ3v) is 4.40. The number of benzene rings is 1. The molecular weight excluding hydrogens is 348 g/mol. The number of ketones is 1. The minimum absolute atomic E-state index is 0.000301. The second-order valence-corrected chi connectivity index (χ2v) is 6.16. The van der Waals surface area contributed by atoms with Crippen LogP contribution in [0.1, 0.15) is 30.7 Å². The fourth-order valence-corrected chi connectivity index (χ4v) is 3.30. The van der Waals surface area contributed by atoms with Crippen LogP contribution in [0, 0.1) is 11.3 Å². The van der Waals surface area contributed by atoms with Crippen molar-refractivity contribution in [2.45, 2.75) is 25.2 Å². The number of halogens is 1. The Morgan fingerprint density at radius 2 is 2.18 bits per heavy atom. The number of phenols is 1. The highest BCUT2D eigenvalue weighted by molar-refractivity contribution is 9.10. The standard InChI is InChI=1S/C16H13BrN2O3/c17-8-4-5-11(20)9(6-8)14-10(7-18)16(19)22-13-3-1-2-12(21)15(13)14/h4-6,14,20H,1-3,19H2. The molecule has 0 amide bonds. The van der Waals surface area contributed by atoms with E-state index in [4.69, 9.17) is 10.5 Å². The van der Waals surface area contributed by atoms with E-state index in [-0.39, 0.29) is 23.0 Å². The Morgan fingerprint density at radius 3 is 2.91 bits per heavy atom. The maximum Gasteiger partial charge on any atom is 0.205 e. The lowest BCUT2D eigenvalue weighted by Gasteiger charge is -2.31. The molecule has 112 valence electrons. The summed E-state index contributed by atoms with van der Waals surface area (Å²) in [6, 6.07) is 6.93. The maximum absolute atomic E-state index is 12.4. The van der Waals surface area contributed by atoms with E-state index in [1.165, 1.54) is 6.07 Å². The zero-order valence-corrected chi connectivity index (χ0v) is 13.2. The summed E-state index contributed by atoms with van der Waals surface area (Å²) in [7, 11) is 0. The van der Waals surface area contributed by atoms with Gasteiger partial charge in [0.2, 0.25) is 5.88 Å². The fourth-order valence-electron chi connectivity index (χ4n) is 2.92. The summed E-state index contributed by atoms with van der Waals surface area (Å²) in [5, 5.41) is 19.6. The van der Waals surface area contributed by atoms with Gasteiger partial charge in [-0.1, -0.05) is 15.9 Å². The van der Waals surface area contributed by atoms with Crippen LogP contribution in [-0.4, -0.2) is 10.9 Å². The van der Waals surface area contributed by atoms with E-state index in [1.807, 2.05) is 6.07 Å². The molecular formula is C16H13BrN2O3. The number of phenolic OH excluding ortho intramolecular Hbond substituents is 1. The van der Waals surface area contributed by atoms with Gasteiger partial charge < -0.3 is 15.6 Å². The van der Waals surface area contributed by atoms with Crippen LogP contribution in [0.15, 0.2) is 45.5 Å². The van der Waals surface area contributed by atoms with Gasteiger partial charge in [0.25, 0.3) is 0 Å². The molecule has 1 aliphatic heterocycles. The van der Waals surface area contributed by atoms with Gasteiger partial charge in [-0.3, -0.25) is 4.79 Å². The quantitative estimate of drug-likeness (QED) is 0.802. The first-order valence-corrected chi connectivity index (χ1v) is 7.64. The molecule has 0 fully saturated rings. The zero-order valence-electron chi connectivity index (χ0n) is 11.6. The lowest BCUT2D eigenvalue weighted by Crippen LogP contribution is -2.27. The van der Waals surface area contributed by atoms with Crippen molar-refractivity contribution >= 4 is 21.7 Å². The van der Waals surface area contributed by atoms with Gasteiger partial charge >= 0.3 is 0 Å². The number of aromatic hydroxyl groups is 1. The molecule has 6 heteroatoms. The summed E-state index contributed by atoms with van der Waals surface area (Å²) in [5.74, 6) is -0.219. The van der Waals surface area contributed by atoms with Crippen LogP contribution in [0.25, 0.3) is 0 Å². The SMILES string of the molecule is N#CC1=C(N)OC2=C(C(=O)CCC2)C1c1cc(Br)ccc1O. The number of rotatable bonds is 1. The minimum Gasteiger partial charge on any atom is -0.508 e. The molecule has 1 atom stereocenters. The topological polar surface area (TPSA) is 96.3 Å². The minimum atomic E-state index is -0.681. The summed E-state index contributed by atoms with van der Waals surface area (Å²) in [6.07, 6.45) is 1.71. The Morgan fingerprint density at radius 1 is 1.41 bits per heavy atom. The third-order valence-electron chi connectivity index (χ3n) is 3.91. The van der Waals surface area contributed by atoms with Crippen LogP contribution in [0.5, 0.6) is 5.75 Å². The normalized spacial score (nSPS) is 21.3. The average Bonchev–Trinajstić information content (AvgIpc) is 2.48. The molecule has 0 spiro atoms. The lowest BCUT2D eigenvalue weighted by atomic mass is 9.77. The van der Waals surface area contributed by atoms with Crippen LogP contribution < -0.4 is 5.73 Å². The molecule has 5 nitrogen and oxygen atoms in total. The lowest BCUT2D eigenvalue weighted by molar-refractivity contribution is -0.116. The number of ether oxygens (including phenoxy) is 1. The second-order valence-electron chi connectivity index (χ2n) is 5.24. The van der Waals surface area contributed by atoms with Gasteiger partial charge in [-0.05, 0) is 24.6 Å². The predicted octanol–water partition coefficient (Wildman–Crippen LogP) is 2.97. The zero-order chi connectivity index (χ0) is 15.9. The highest BCUT2D eigenvalue weighted by atomic mass is 79.9. The number of carbonyl (C=O) groups is 1. The molecule has 1 aliphatic carbocycles. The molecule has 2 aliphatic rings. The molecule has 0 radical (unpaired) electrons. The van der Waals surface area contributed by atoms with Gasteiger partial charge in [0.15, 0.2) is 5.78 Å².